The number of fused-ring (bicyclic) bond motifs is 4. The molecule has 0 unspecified atom stereocenters. The van der Waals surface area contributed by atoms with Gasteiger partial charge in [-0.25, -0.2) is 0 Å². The predicted octanol–water partition coefficient (Wildman–Crippen LogP) is 2.25. The van der Waals surface area contributed by atoms with Crippen LogP contribution in [0.2, 0.25) is 0 Å². The van der Waals surface area contributed by atoms with Crippen LogP contribution in [0.5, 0.6) is 0 Å². The SMILES string of the molecule is O=C(N[C@@H]1CN2CCC1CC2)c1nsc2cc(N3CCCC3=O)ccc12. The van der Waals surface area contributed by atoms with E-state index in [9.17, 15) is 9.59 Å². The van der Waals surface area contributed by atoms with Gasteiger partial charge in [-0.2, -0.15) is 4.37 Å². The molecule has 4 fully saturated rings. The van der Waals surface area contributed by atoms with Crippen molar-refractivity contribution in [2.24, 2.45) is 5.92 Å². The van der Waals surface area contributed by atoms with Gasteiger partial charge in [-0.3, -0.25) is 9.59 Å². The molecule has 0 radical (unpaired) electrons. The number of carbonyl (C=O) groups excluding carboxylic acids is 2. The van der Waals surface area contributed by atoms with E-state index in [0.717, 1.165) is 48.4 Å². The maximum atomic E-state index is 12.8. The summed E-state index contributed by atoms with van der Waals surface area (Å²) in [5, 5.41) is 4.10. The van der Waals surface area contributed by atoms with Crippen molar-refractivity contribution in [1.82, 2.24) is 14.6 Å². The van der Waals surface area contributed by atoms with Crippen molar-refractivity contribution >= 4 is 39.1 Å². The molecule has 2 bridgehead atoms. The van der Waals surface area contributed by atoms with E-state index in [-0.39, 0.29) is 17.9 Å². The Labute approximate surface area is 156 Å². The summed E-state index contributed by atoms with van der Waals surface area (Å²) >= 11 is 1.33. The van der Waals surface area contributed by atoms with Crippen molar-refractivity contribution in [3.05, 3.63) is 23.9 Å². The van der Waals surface area contributed by atoms with E-state index >= 15 is 0 Å². The van der Waals surface area contributed by atoms with Crippen molar-refractivity contribution in [1.29, 1.82) is 0 Å². The molecule has 1 aromatic heterocycles. The minimum absolute atomic E-state index is 0.0694. The summed E-state index contributed by atoms with van der Waals surface area (Å²) in [4.78, 5) is 29.0. The Kier molecular flexibility index (Phi) is 3.94. The first-order valence-corrected chi connectivity index (χ1v) is 10.2. The molecule has 0 aliphatic carbocycles. The number of anilines is 1. The summed E-state index contributed by atoms with van der Waals surface area (Å²) in [7, 11) is 0. The zero-order valence-electron chi connectivity index (χ0n) is 14.6. The van der Waals surface area contributed by atoms with Gasteiger partial charge in [0.1, 0.15) is 5.69 Å². The van der Waals surface area contributed by atoms with Crippen LogP contribution in [-0.4, -0.2) is 53.3 Å². The van der Waals surface area contributed by atoms with Gasteiger partial charge in [0.15, 0.2) is 0 Å². The highest BCUT2D eigenvalue weighted by atomic mass is 32.1. The van der Waals surface area contributed by atoms with Crippen molar-refractivity contribution < 1.29 is 9.59 Å². The normalized spacial score (nSPS) is 28.1. The first-order valence-electron chi connectivity index (χ1n) is 9.42. The highest BCUT2D eigenvalue weighted by molar-refractivity contribution is 7.13. The van der Waals surface area contributed by atoms with E-state index in [1.807, 2.05) is 23.1 Å². The van der Waals surface area contributed by atoms with Crippen molar-refractivity contribution in [2.45, 2.75) is 31.7 Å². The fraction of sp³-hybridized carbons (Fsp3) is 0.526. The zero-order valence-corrected chi connectivity index (χ0v) is 15.4. The van der Waals surface area contributed by atoms with Gasteiger partial charge in [-0.1, -0.05) is 0 Å². The van der Waals surface area contributed by atoms with Crippen LogP contribution in [0.15, 0.2) is 18.2 Å². The van der Waals surface area contributed by atoms with Gasteiger partial charge in [0.05, 0.1) is 4.70 Å². The molecule has 136 valence electrons. The van der Waals surface area contributed by atoms with Crippen LogP contribution in [-0.2, 0) is 4.79 Å². The standard InChI is InChI=1S/C19H22N4O2S/c24-17-2-1-7-23(17)13-3-4-14-16(10-13)26-21-18(14)19(25)20-15-11-22-8-5-12(15)6-9-22/h3-4,10,12,15H,1-2,5-9,11H2,(H,20,25)/t15-/m1/s1. The number of aromatic nitrogens is 1. The second kappa shape index (κ2) is 6.32. The molecule has 2 amide bonds. The van der Waals surface area contributed by atoms with E-state index in [1.165, 1.54) is 24.4 Å². The lowest BCUT2D eigenvalue weighted by Crippen LogP contribution is -2.57. The Morgan fingerprint density at radius 3 is 2.77 bits per heavy atom. The molecule has 0 saturated carbocycles. The first-order chi connectivity index (χ1) is 12.7. The van der Waals surface area contributed by atoms with Crippen molar-refractivity contribution in [2.75, 3.05) is 31.1 Å². The molecule has 6 nitrogen and oxygen atoms in total. The van der Waals surface area contributed by atoms with Crippen molar-refractivity contribution in [3.8, 4) is 0 Å². The molecular formula is C19H22N4O2S. The number of nitrogens with zero attached hydrogens (tertiary/aromatic N) is 3. The maximum absolute atomic E-state index is 12.8. The Bertz CT molecular complexity index is 872. The molecule has 1 N–H and O–H groups in total. The summed E-state index contributed by atoms with van der Waals surface area (Å²) in [5.74, 6) is 0.704. The Hall–Kier alpha value is -1.99. The van der Waals surface area contributed by atoms with Gasteiger partial charge in [0, 0.05) is 36.6 Å². The molecule has 26 heavy (non-hydrogen) atoms. The predicted molar refractivity (Wildman–Crippen MR) is 102 cm³/mol. The van der Waals surface area contributed by atoms with Crippen LogP contribution >= 0.6 is 11.5 Å². The zero-order chi connectivity index (χ0) is 17.7. The Morgan fingerprint density at radius 2 is 2.08 bits per heavy atom. The van der Waals surface area contributed by atoms with Gasteiger partial charge in [-0.05, 0) is 68.0 Å². The number of piperidine rings is 3. The topological polar surface area (TPSA) is 65.5 Å². The average molecular weight is 370 g/mol. The average Bonchev–Trinajstić information content (AvgIpc) is 3.28. The van der Waals surface area contributed by atoms with Crippen LogP contribution < -0.4 is 10.2 Å². The van der Waals surface area contributed by atoms with Gasteiger partial charge in [0.25, 0.3) is 5.91 Å². The molecule has 2 aromatic rings. The molecule has 4 aliphatic heterocycles. The number of hydrogen-bond donors (Lipinski definition) is 1. The Balaban J connectivity index is 1.37. The molecule has 5 heterocycles. The second-order valence-electron chi connectivity index (χ2n) is 7.58. The lowest BCUT2D eigenvalue weighted by atomic mass is 9.84. The van der Waals surface area contributed by atoms with Crippen LogP contribution in [0.3, 0.4) is 0 Å². The van der Waals surface area contributed by atoms with Gasteiger partial charge in [0.2, 0.25) is 5.91 Å². The van der Waals surface area contributed by atoms with Crippen LogP contribution in [0.4, 0.5) is 5.69 Å². The lowest BCUT2D eigenvalue weighted by Gasteiger charge is -2.44. The molecule has 4 aliphatic rings. The maximum Gasteiger partial charge on any atom is 0.271 e. The van der Waals surface area contributed by atoms with E-state index in [4.69, 9.17) is 0 Å². The largest absolute Gasteiger partial charge is 0.346 e. The number of carbonyl (C=O) groups is 2. The third-order valence-electron chi connectivity index (χ3n) is 6.03. The summed E-state index contributed by atoms with van der Waals surface area (Å²) in [6.45, 7) is 4.05. The van der Waals surface area contributed by atoms with Gasteiger partial charge >= 0.3 is 0 Å². The minimum atomic E-state index is -0.0694. The summed E-state index contributed by atoms with van der Waals surface area (Å²) in [6, 6.07) is 6.10. The summed E-state index contributed by atoms with van der Waals surface area (Å²) in [6.07, 6.45) is 3.88. The fourth-order valence-corrected chi connectivity index (χ4v) is 5.35. The molecule has 6 rings (SSSR count). The van der Waals surface area contributed by atoms with Crippen LogP contribution in [0.25, 0.3) is 10.1 Å². The first kappa shape index (κ1) is 16.2. The number of nitrogens with one attached hydrogen (secondary N) is 1. The second-order valence-corrected chi connectivity index (χ2v) is 8.38. The van der Waals surface area contributed by atoms with Gasteiger partial charge < -0.3 is 15.1 Å². The molecular weight excluding hydrogens is 348 g/mol. The highest BCUT2D eigenvalue weighted by Gasteiger charge is 2.35. The number of amides is 2. The quantitative estimate of drug-likeness (QED) is 0.900. The van der Waals surface area contributed by atoms with E-state index in [0.29, 0.717) is 18.0 Å². The third kappa shape index (κ3) is 2.70. The monoisotopic (exact) mass is 370 g/mol. The van der Waals surface area contributed by atoms with Crippen LogP contribution in [0, 0.1) is 5.92 Å². The van der Waals surface area contributed by atoms with E-state index in [1.54, 1.807) is 0 Å². The fourth-order valence-electron chi connectivity index (χ4n) is 4.54. The third-order valence-corrected chi connectivity index (χ3v) is 6.84. The van der Waals surface area contributed by atoms with E-state index in [2.05, 4.69) is 14.6 Å². The van der Waals surface area contributed by atoms with Gasteiger partial charge in [-0.15, -0.1) is 0 Å². The number of benzene rings is 1. The molecule has 4 saturated heterocycles. The smallest absolute Gasteiger partial charge is 0.271 e. The van der Waals surface area contributed by atoms with Crippen molar-refractivity contribution in [3.63, 3.8) is 0 Å². The summed E-state index contributed by atoms with van der Waals surface area (Å²) in [5.41, 5.74) is 1.42. The Morgan fingerprint density at radius 1 is 1.23 bits per heavy atom. The number of hydrogen-bond acceptors (Lipinski definition) is 5. The lowest BCUT2D eigenvalue weighted by molar-refractivity contribution is -0.117. The number of rotatable bonds is 3. The van der Waals surface area contributed by atoms with E-state index < -0.39 is 0 Å². The highest BCUT2D eigenvalue weighted by Crippen LogP contribution is 2.31. The minimum Gasteiger partial charge on any atom is -0.346 e. The molecule has 1 atom stereocenters. The molecule has 7 heteroatoms. The van der Waals surface area contributed by atoms with Crippen LogP contribution in [0.1, 0.15) is 36.2 Å². The summed E-state index contributed by atoms with van der Waals surface area (Å²) < 4.78 is 5.38. The molecule has 0 spiro atoms. The molecule has 1 aromatic carbocycles.